The van der Waals surface area contributed by atoms with Crippen LogP contribution in [0.15, 0.2) is 23.7 Å². The Bertz CT molecular complexity index is 687. The number of aliphatic hydroxyl groups is 2. The Labute approximate surface area is 119 Å². The van der Waals surface area contributed by atoms with Gasteiger partial charge in [0.2, 0.25) is 0 Å². The molecular formula is C12H15N5O4. The molecule has 0 amide bonds. The average Bonchev–Trinajstić information content (AvgIpc) is 3.03. The van der Waals surface area contributed by atoms with Gasteiger partial charge in [-0.1, -0.05) is 5.16 Å². The second-order valence-corrected chi connectivity index (χ2v) is 4.90. The van der Waals surface area contributed by atoms with E-state index in [1.165, 1.54) is 6.33 Å². The zero-order chi connectivity index (χ0) is 15.0. The van der Waals surface area contributed by atoms with E-state index in [1.54, 1.807) is 16.8 Å². The Morgan fingerprint density at radius 3 is 3.10 bits per heavy atom. The molecule has 0 bridgehead atoms. The zero-order valence-electron chi connectivity index (χ0n) is 11.0. The lowest BCUT2D eigenvalue weighted by molar-refractivity contribution is -0.0803. The van der Waals surface area contributed by atoms with Crippen LogP contribution < -0.4 is 5.73 Å². The summed E-state index contributed by atoms with van der Waals surface area (Å²) in [6.45, 7) is -0.509. The highest BCUT2D eigenvalue weighted by Crippen LogP contribution is 2.37. The van der Waals surface area contributed by atoms with Gasteiger partial charge < -0.3 is 30.5 Å². The summed E-state index contributed by atoms with van der Waals surface area (Å²) < 4.78 is 7.39. The molecule has 0 saturated carbocycles. The number of hydrogen-bond acceptors (Lipinski definition) is 8. The molecule has 21 heavy (non-hydrogen) atoms. The smallest absolute Gasteiger partial charge is 0.158 e. The fraction of sp³-hybridized carbons (Fsp3) is 0.417. The molecule has 0 aliphatic carbocycles. The molecule has 9 heteroatoms. The molecule has 2 aromatic rings. The topological polar surface area (TPSA) is 139 Å². The van der Waals surface area contributed by atoms with Gasteiger partial charge in [0.1, 0.15) is 24.0 Å². The summed E-state index contributed by atoms with van der Waals surface area (Å²) in [5.74, 6) is 0.350. The molecular weight excluding hydrogens is 278 g/mol. The van der Waals surface area contributed by atoms with Crippen LogP contribution in [0.3, 0.4) is 0 Å². The van der Waals surface area contributed by atoms with Crippen molar-refractivity contribution in [2.45, 2.75) is 24.4 Å². The first-order chi connectivity index (χ1) is 10.1. The third kappa shape index (κ3) is 2.02. The summed E-state index contributed by atoms with van der Waals surface area (Å²) in [5.41, 5.74) is 4.90. The first-order valence-corrected chi connectivity index (χ1v) is 6.33. The van der Waals surface area contributed by atoms with E-state index in [4.69, 9.17) is 15.7 Å². The summed E-state index contributed by atoms with van der Waals surface area (Å²) in [6.07, 6.45) is 2.68. The molecule has 1 saturated heterocycles. The fourth-order valence-electron chi connectivity index (χ4n) is 2.56. The molecule has 3 rings (SSSR count). The first-order valence-electron chi connectivity index (χ1n) is 6.33. The van der Waals surface area contributed by atoms with Gasteiger partial charge in [-0.25, -0.2) is 9.97 Å². The number of hydrogen-bond donors (Lipinski definition) is 4. The van der Waals surface area contributed by atoms with Gasteiger partial charge in [0, 0.05) is 12.6 Å². The molecule has 1 aliphatic heterocycles. The summed E-state index contributed by atoms with van der Waals surface area (Å²) in [4.78, 5) is 8.06. The standard InChI is InChI=1S/C12H15N5O4/c13-10-7-1-2-17(11(7)15-6-14-10)9-3-8(19)12(5-18,21-9)4-16-20/h1-2,4,6,8-9,18-20H,3,5H2,(H2,13,14,15)/t8-,9+,12+/m0/s1. The largest absolute Gasteiger partial charge is 0.411 e. The predicted molar refractivity (Wildman–Crippen MR) is 72.8 cm³/mol. The van der Waals surface area contributed by atoms with Crippen molar-refractivity contribution in [2.24, 2.45) is 5.16 Å². The van der Waals surface area contributed by atoms with Crippen molar-refractivity contribution in [3.05, 3.63) is 18.6 Å². The number of ether oxygens (including phenoxy) is 1. The zero-order valence-corrected chi connectivity index (χ0v) is 11.0. The maximum atomic E-state index is 10.1. The van der Waals surface area contributed by atoms with Gasteiger partial charge in [0.05, 0.1) is 24.3 Å². The minimum absolute atomic E-state index is 0.209. The van der Waals surface area contributed by atoms with Gasteiger partial charge in [0.15, 0.2) is 5.60 Å². The third-order valence-corrected chi connectivity index (χ3v) is 3.72. The maximum Gasteiger partial charge on any atom is 0.158 e. The number of nitrogens with two attached hydrogens (primary N) is 1. The van der Waals surface area contributed by atoms with E-state index in [9.17, 15) is 10.2 Å². The Kier molecular flexibility index (Phi) is 3.24. The highest BCUT2D eigenvalue weighted by Gasteiger charge is 2.48. The van der Waals surface area contributed by atoms with Crippen molar-refractivity contribution in [1.29, 1.82) is 0 Å². The van der Waals surface area contributed by atoms with Crippen LogP contribution in [-0.2, 0) is 4.74 Å². The van der Waals surface area contributed by atoms with Gasteiger partial charge in [0.25, 0.3) is 0 Å². The summed E-state index contributed by atoms with van der Waals surface area (Å²) in [6, 6.07) is 1.75. The van der Waals surface area contributed by atoms with Crippen molar-refractivity contribution in [2.75, 3.05) is 12.3 Å². The second kappa shape index (κ2) is 4.95. The number of aromatic nitrogens is 3. The van der Waals surface area contributed by atoms with Gasteiger partial charge in [-0.05, 0) is 6.07 Å². The highest BCUT2D eigenvalue weighted by molar-refractivity contribution is 5.86. The van der Waals surface area contributed by atoms with Crippen LogP contribution in [0, 0.1) is 0 Å². The Morgan fingerprint density at radius 1 is 1.57 bits per heavy atom. The van der Waals surface area contributed by atoms with Gasteiger partial charge >= 0.3 is 0 Å². The number of anilines is 1. The van der Waals surface area contributed by atoms with Crippen molar-refractivity contribution < 1.29 is 20.2 Å². The quantitative estimate of drug-likeness (QED) is 0.339. The van der Waals surface area contributed by atoms with Crippen LogP contribution in [0.4, 0.5) is 5.82 Å². The summed E-state index contributed by atoms with van der Waals surface area (Å²) >= 11 is 0. The Morgan fingerprint density at radius 2 is 2.38 bits per heavy atom. The lowest BCUT2D eigenvalue weighted by atomic mass is 9.99. The minimum Gasteiger partial charge on any atom is -0.411 e. The van der Waals surface area contributed by atoms with Crippen LogP contribution in [-0.4, -0.2) is 54.5 Å². The van der Waals surface area contributed by atoms with Gasteiger partial charge in [-0.2, -0.15) is 0 Å². The molecule has 1 aliphatic rings. The molecule has 0 aromatic carbocycles. The third-order valence-electron chi connectivity index (χ3n) is 3.72. The van der Waals surface area contributed by atoms with E-state index in [2.05, 4.69) is 15.1 Å². The predicted octanol–water partition coefficient (Wildman–Crippen LogP) is -0.516. The average molecular weight is 293 g/mol. The summed E-state index contributed by atoms with van der Waals surface area (Å²) in [7, 11) is 0. The molecule has 9 nitrogen and oxygen atoms in total. The molecule has 5 N–H and O–H groups in total. The van der Waals surface area contributed by atoms with Crippen molar-refractivity contribution in [3.8, 4) is 0 Å². The first kappa shape index (κ1) is 13.7. The van der Waals surface area contributed by atoms with Crippen LogP contribution in [0.25, 0.3) is 11.0 Å². The van der Waals surface area contributed by atoms with E-state index in [0.717, 1.165) is 6.21 Å². The second-order valence-electron chi connectivity index (χ2n) is 4.90. The maximum absolute atomic E-state index is 10.1. The number of oxime groups is 1. The van der Waals surface area contributed by atoms with Crippen molar-refractivity contribution >= 4 is 23.1 Å². The molecule has 112 valence electrons. The molecule has 0 radical (unpaired) electrons. The molecule has 2 aromatic heterocycles. The molecule has 0 spiro atoms. The highest BCUT2D eigenvalue weighted by atomic mass is 16.6. The lowest BCUT2D eigenvalue weighted by Crippen LogP contribution is -2.44. The normalized spacial score (nSPS) is 29.6. The lowest BCUT2D eigenvalue weighted by Gasteiger charge is -2.24. The van der Waals surface area contributed by atoms with Crippen molar-refractivity contribution in [3.63, 3.8) is 0 Å². The monoisotopic (exact) mass is 293 g/mol. The van der Waals surface area contributed by atoms with Gasteiger partial charge in [-0.15, -0.1) is 0 Å². The SMILES string of the molecule is Nc1ncnc2c1ccn2[C@H]1C[C@H](O)[C@@](C=NO)(CO)O1. The minimum atomic E-state index is -1.44. The fourth-order valence-corrected chi connectivity index (χ4v) is 2.56. The number of rotatable bonds is 3. The van der Waals surface area contributed by atoms with Crippen LogP contribution in [0.1, 0.15) is 12.6 Å². The molecule has 3 atom stereocenters. The van der Waals surface area contributed by atoms with E-state index in [1.807, 2.05) is 0 Å². The Hall–Kier alpha value is -2.23. The van der Waals surface area contributed by atoms with Gasteiger partial charge in [-0.3, -0.25) is 0 Å². The van der Waals surface area contributed by atoms with E-state index < -0.39 is 24.5 Å². The number of nitrogen functional groups attached to an aromatic ring is 1. The Balaban J connectivity index is 2.00. The number of fused-ring (bicyclic) bond motifs is 1. The van der Waals surface area contributed by atoms with Crippen LogP contribution >= 0.6 is 0 Å². The van der Waals surface area contributed by atoms with E-state index in [-0.39, 0.29) is 6.42 Å². The van der Waals surface area contributed by atoms with E-state index in [0.29, 0.717) is 16.9 Å². The molecule has 3 heterocycles. The molecule has 0 unspecified atom stereocenters. The van der Waals surface area contributed by atoms with Crippen LogP contribution in [0.5, 0.6) is 0 Å². The summed E-state index contributed by atoms with van der Waals surface area (Å²) in [5, 5.41) is 31.8. The number of nitrogens with zero attached hydrogens (tertiary/aromatic N) is 4. The van der Waals surface area contributed by atoms with Crippen LogP contribution in [0.2, 0.25) is 0 Å². The number of aliphatic hydroxyl groups excluding tert-OH is 2. The van der Waals surface area contributed by atoms with Crippen molar-refractivity contribution in [1.82, 2.24) is 14.5 Å². The molecule has 1 fully saturated rings. The van der Waals surface area contributed by atoms with E-state index >= 15 is 0 Å².